The van der Waals surface area contributed by atoms with Gasteiger partial charge < -0.3 is 18.9 Å². The van der Waals surface area contributed by atoms with E-state index in [4.69, 9.17) is 18.9 Å². The van der Waals surface area contributed by atoms with Crippen LogP contribution >= 0.6 is 0 Å². The monoisotopic (exact) mass is 374 g/mol. The minimum Gasteiger partial charge on any atom is -0.489 e. The number of rotatable bonds is 6. The summed E-state index contributed by atoms with van der Waals surface area (Å²) in [5, 5.41) is 0. The lowest BCUT2D eigenvalue weighted by molar-refractivity contribution is -0.272. The highest BCUT2D eigenvalue weighted by Crippen LogP contribution is 2.25. The zero-order chi connectivity index (χ0) is 19.3. The van der Waals surface area contributed by atoms with Gasteiger partial charge in [-0.1, -0.05) is 30.3 Å². The standard InChI is InChI=1S/C21H23FO5/c1-21(20(23)24-2)26-12-16(13-27-21)11-15-7-9-18(10-8-15)25-14-17-5-3-4-6-19(17)22/h3-10,16H,11-14H2,1-2H3/t16-,21+. The minimum atomic E-state index is -1.32. The van der Waals surface area contributed by atoms with Crippen LogP contribution in [0.2, 0.25) is 0 Å². The summed E-state index contributed by atoms with van der Waals surface area (Å²) in [7, 11) is 1.31. The summed E-state index contributed by atoms with van der Waals surface area (Å²) in [5.74, 6) is -1.30. The van der Waals surface area contributed by atoms with E-state index in [-0.39, 0.29) is 18.3 Å². The van der Waals surface area contributed by atoms with E-state index in [1.807, 2.05) is 24.3 Å². The first-order valence-electron chi connectivity index (χ1n) is 8.81. The third-order valence-electron chi connectivity index (χ3n) is 4.55. The van der Waals surface area contributed by atoms with E-state index in [1.54, 1.807) is 25.1 Å². The van der Waals surface area contributed by atoms with Crippen LogP contribution in [0.15, 0.2) is 48.5 Å². The Morgan fingerprint density at radius 3 is 2.44 bits per heavy atom. The molecule has 0 amide bonds. The van der Waals surface area contributed by atoms with E-state index < -0.39 is 11.8 Å². The van der Waals surface area contributed by atoms with Crippen molar-refractivity contribution in [2.24, 2.45) is 5.92 Å². The van der Waals surface area contributed by atoms with Gasteiger partial charge in [0.05, 0.1) is 20.3 Å². The average Bonchev–Trinajstić information content (AvgIpc) is 2.69. The Kier molecular flexibility index (Phi) is 6.08. The fraction of sp³-hybridized carbons (Fsp3) is 0.381. The second-order valence-corrected chi connectivity index (χ2v) is 6.65. The van der Waals surface area contributed by atoms with Crippen molar-refractivity contribution in [1.82, 2.24) is 0 Å². The molecule has 1 fully saturated rings. The molecule has 1 heterocycles. The smallest absolute Gasteiger partial charge is 0.366 e. The van der Waals surface area contributed by atoms with Crippen molar-refractivity contribution in [2.75, 3.05) is 20.3 Å². The van der Waals surface area contributed by atoms with Crippen molar-refractivity contribution in [1.29, 1.82) is 0 Å². The molecule has 0 saturated carbocycles. The van der Waals surface area contributed by atoms with Gasteiger partial charge in [-0.15, -0.1) is 0 Å². The fourth-order valence-electron chi connectivity index (χ4n) is 2.90. The first-order chi connectivity index (χ1) is 13.0. The first-order valence-corrected chi connectivity index (χ1v) is 8.81. The van der Waals surface area contributed by atoms with Crippen molar-refractivity contribution in [2.45, 2.75) is 25.7 Å². The third-order valence-corrected chi connectivity index (χ3v) is 4.55. The Hall–Kier alpha value is -2.44. The summed E-state index contributed by atoms with van der Waals surface area (Å²) >= 11 is 0. The van der Waals surface area contributed by atoms with Crippen LogP contribution in [0.3, 0.4) is 0 Å². The number of carbonyl (C=O) groups is 1. The van der Waals surface area contributed by atoms with E-state index in [2.05, 4.69) is 0 Å². The quantitative estimate of drug-likeness (QED) is 0.725. The van der Waals surface area contributed by atoms with Crippen LogP contribution in [0.25, 0.3) is 0 Å². The Morgan fingerprint density at radius 1 is 1.15 bits per heavy atom. The zero-order valence-corrected chi connectivity index (χ0v) is 15.4. The SMILES string of the molecule is COC(=O)[C@]1(C)OC[C@H](Cc2ccc(OCc3ccccc3F)cc2)CO1. The second kappa shape index (κ2) is 8.50. The molecule has 0 bridgehead atoms. The summed E-state index contributed by atoms with van der Waals surface area (Å²) < 4.78 is 35.1. The van der Waals surface area contributed by atoms with Gasteiger partial charge in [-0.2, -0.15) is 0 Å². The maximum absolute atomic E-state index is 13.6. The summed E-state index contributed by atoms with van der Waals surface area (Å²) in [6, 6.07) is 14.2. The number of carbonyl (C=O) groups excluding carboxylic acids is 1. The Morgan fingerprint density at radius 2 is 1.81 bits per heavy atom. The highest BCUT2D eigenvalue weighted by molar-refractivity contribution is 5.77. The van der Waals surface area contributed by atoms with Crippen LogP contribution in [0, 0.1) is 11.7 Å². The molecular weight excluding hydrogens is 351 g/mol. The molecule has 1 aliphatic rings. The van der Waals surface area contributed by atoms with Gasteiger partial charge in [0.2, 0.25) is 0 Å². The number of methoxy groups -OCH3 is 1. The molecule has 0 spiro atoms. The molecule has 1 aliphatic heterocycles. The van der Waals surface area contributed by atoms with Crippen molar-refractivity contribution in [3.8, 4) is 5.75 Å². The minimum absolute atomic E-state index is 0.146. The number of hydrogen-bond donors (Lipinski definition) is 0. The molecule has 27 heavy (non-hydrogen) atoms. The van der Waals surface area contributed by atoms with Crippen LogP contribution < -0.4 is 4.74 Å². The molecule has 0 aromatic heterocycles. The number of benzene rings is 2. The second-order valence-electron chi connectivity index (χ2n) is 6.65. The summed E-state index contributed by atoms with van der Waals surface area (Å²) in [6.07, 6.45) is 0.755. The normalized spacial score (nSPS) is 22.3. The molecule has 144 valence electrons. The number of esters is 1. The Labute approximate surface area is 158 Å². The van der Waals surface area contributed by atoms with Crippen molar-refractivity contribution < 1.29 is 28.1 Å². The van der Waals surface area contributed by atoms with Gasteiger partial charge >= 0.3 is 5.97 Å². The molecule has 6 heteroatoms. The summed E-state index contributed by atoms with van der Waals surface area (Å²) in [6.45, 7) is 2.58. The van der Waals surface area contributed by atoms with Crippen LogP contribution in [0.5, 0.6) is 5.75 Å². The topological polar surface area (TPSA) is 54.0 Å². The van der Waals surface area contributed by atoms with E-state index in [0.29, 0.717) is 24.5 Å². The van der Waals surface area contributed by atoms with Crippen LogP contribution in [0.4, 0.5) is 4.39 Å². The van der Waals surface area contributed by atoms with Gasteiger partial charge in [0.1, 0.15) is 18.2 Å². The highest BCUT2D eigenvalue weighted by atomic mass is 19.1. The summed E-state index contributed by atoms with van der Waals surface area (Å²) in [5.41, 5.74) is 1.62. The van der Waals surface area contributed by atoms with E-state index in [1.165, 1.54) is 13.2 Å². The molecule has 5 nitrogen and oxygen atoms in total. The fourth-order valence-corrected chi connectivity index (χ4v) is 2.90. The van der Waals surface area contributed by atoms with Gasteiger partial charge in [0.15, 0.2) is 0 Å². The highest BCUT2D eigenvalue weighted by Gasteiger charge is 2.41. The van der Waals surface area contributed by atoms with Crippen molar-refractivity contribution in [3.05, 3.63) is 65.5 Å². The van der Waals surface area contributed by atoms with Gasteiger partial charge in [-0.3, -0.25) is 0 Å². The third kappa shape index (κ3) is 4.84. The molecule has 0 aliphatic carbocycles. The lowest BCUT2D eigenvalue weighted by Gasteiger charge is -2.35. The van der Waals surface area contributed by atoms with E-state index in [0.717, 1.165) is 12.0 Å². The molecule has 0 radical (unpaired) electrons. The lowest BCUT2D eigenvalue weighted by Crippen LogP contribution is -2.48. The van der Waals surface area contributed by atoms with E-state index >= 15 is 0 Å². The van der Waals surface area contributed by atoms with Crippen LogP contribution in [-0.2, 0) is 32.0 Å². The number of hydrogen-bond acceptors (Lipinski definition) is 5. The lowest BCUT2D eigenvalue weighted by atomic mass is 9.99. The molecule has 2 aromatic carbocycles. The molecule has 1 saturated heterocycles. The number of ether oxygens (including phenoxy) is 4. The Balaban J connectivity index is 1.50. The van der Waals surface area contributed by atoms with Gasteiger partial charge in [0, 0.05) is 18.4 Å². The van der Waals surface area contributed by atoms with Crippen LogP contribution in [0.1, 0.15) is 18.1 Å². The molecule has 0 atom stereocenters. The summed E-state index contributed by atoms with van der Waals surface area (Å²) in [4.78, 5) is 11.7. The van der Waals surface area contributed by atoms with Gasteiger partial charge in [0.25, 0.3) is 5.79 Å². The van der Waals surface area contributed by atoms with Crippen LogP contribution in [-0.4, -0.2) is 32.1 Å². The maximum atomic E-state index is 13.6. The largest absolute Gasteiger partial charge is 0.489 e. The number of halogens is 1. The zero-order valence-electron chi connectivity index (χ0n) is 15.4. The first kappa shape index (κ1) is 19.3. The molecule has 2 aromatic rings. The van der Waals surface area contributed by atoms with Gasteiger partial charge in [-0.05, 0) is 30.2 Å². The molecule has 3 rings (SSSR count). The van der Waals surface area contributed by atoms with Gasteiger partial charge in [-0.25, -0.2) is 9.18 Å². The Bertz CT molecular complexity index is 766. The molecule has 0 unspecified atom stereocenters. The predicted molar refractivity (Wildman–Crippen MR) is 96.7 cm³/mol. The van der Waals surface area contributed by atoms with Crippen molar-refractivity contribution >= 4 is 5.97 Å². The van der Waals surface area contributed by atoms with E-state index in [9.17, 15) is 9.18 Å². The van der Waals surface area contributed by atoms with Crippen molar-refractivity contribution in [3.63, 3.8) is 0 Å². The predicted octanol–water partition coefficient (Wildman–Crippen LogP) is 3.50. The molecular formula is C21H23FO5. The molecule has 0 N–H and O–H groups in total. The maximum Gasteiger partial charge on any atom is 0.366 e. The average molecular weight is 374 g/mol.